The number of nitrogens with zero attached hydrogens (tertiary/aromatic N) is 4. The highest BCUT2D eigenvalue weighted by Crippen LogP contribution is 2.32. The summed E-state index contributed by atoms with van der Waals surface area (Å²) in [5, 5.41) is 18.7. The highest BCUT2D eigenvalue weighted by molar-refractivity contribution is 5.60. The maximum atomic E-state index is 11.3. The topological polar surface area (TPSA) is 85.9 Å². The number of nitrogens with one attached hydrogen (secondary N) is 1. The molecule has 0 amide bonds. The third-order valence-electron chi connectivity index (χ3n) is 3.32. The van der Waals surface area contributed by atoms with Crippen LogP contribution in [-0.2, 0) is 13.6 Å². The number of aryl methyl sites for hydroxylation is 2. The summed E-state index contributed by atoms with van der Waals surface area (Å²) < 4.78 is 1.52. The Morgan fingerprint density at radius 2 is 2.19 bits per heavy atom. The van der Waals surface area contributed by atoms with Crippen molar-refractivity contribution in [3.05, 3.63) is 45.4 Å². The van der Waals surface area contributed by atoms with Crippen molar-refractivity contribution in [3.63, 3.8) is 0 Å². The number of rotatable bonds is 5. The molecule has 7 heteroatoms. The zero-order chi connectivity index (χ0) is 15.6. The van der Waals surface area contributed by atoms with Gasteiger partial charge in [0.2, 0.25) is 5.82 Å². The minimum Gasteiger partial charge on any atom is -0.359 e. The standard InChI is InChI=1S/C14H19N5O2/c1-9(2)12-13(19(20)21)14(18(4)17-12)16-8-11-10(3)6-5-7-15-11/h5-7,9,16H,8H2,1-4H3. The molecule has 0 bridgehead atoms. The number of hydrogen-bond acceptors (Lipinski definition) is 5. The monoisotopic (exact) mass is 289 g/mol. The smallest absolute Gasteiger partial charge is 0.334 e. The summed E-state index contributed by atoms with van der Waals surface area (Å²) in [5.41, 5.74) is 2.43. The quantitative estimate of drug-likeness (QED) is 0.675. The van der Waals surface area contributed by atoms with Crippen molar-refractivity contribution in [1.82, 2.24) is 14.8 Å². The summed E-state index contributed by atoms with van der Waals surface area (Å²) in [6.07, 6.45) is 1.71. The first-order chi connectivity index (χ1) is 9.91. The largest absolute Gasteiger partial charge is 0.359 e. The van der Waals surface area contributed by atoms with E-state index in [0.717, 1.165) is 11.3 Å². The van der Waals surface area contributed by atoms with E-state index < -0.39 is 0 Å². The maximum absolute atomic E-state index is 11.3. The Kier molecular flexibility index (Phi) is 4.21. The van der Waals surface area contributed by atoms with Crippen LogP contribution < -0.4 is 5.32 Å². The number of aromatic nitrogens is 3. The lowest BCUT2D eigenvalue weighted by Gasteiger charge is -2.07. The van der Waals surface area contributed by atoms with Crippen molar-refractivity contribution < 1.29 is 4.92 Å². The molecule has 2 aromatic heterocycles. The minimum atomic E-state index is -0.379. The first-order valence-corrected chi connectivity index (χ1v) is 6.77. The van der Waals surface area contributed by atoms with Gasteiger partial charge in [0.1, 0.15) is 5.69 Å². The highest BCUT2D eigenvalue weighted by Gasteiger charge is 2.28. The average molecular weight is 289 g/mol. The van der Waals surface area contributed by atoms with E-state index in [9.17, 15) is 10.1 Å². The summed E-state index contributed by atoms with van der Waals surface area (Å²) in [6, 6.07) is 3.82. The molecule has 0 saturated carbocycles. The lowest BCUT2D eigenvalue weighted by Crippen LogP contribution is -2.08. The van der Waals surface area contributed by atoms with Crippen molar-refractivity contribution in [2.24, 2.45) is 7.05 Å². The Morgan fingerprint density at radius 1 is 1.48 bits per heavy atom. The van der Waals surface area contributed by atoms with Crippen molar-refractivity contribution in [3.8, 4) is 0 Å². The fraction of sp³-hybridized carbons (Fsp3) is 0.429. The van der Waals surface area contributed by atoms with Crippen LogP contribution in [0.3, 0.4) is 0 Å². The highest BCUT2D eigenvalue weighted by atomic mass is 16.6. The number of anilines is 1. The fourth-order valence-corrected chi connectivity index (χ4v) is 2.17. The van der Waals surface area contributed by atoms with Crippen LogP contribution in [0.5, 0.6) is 0 Å². The summed E-state index contributed by atoms with van der Waals surface area (Å²) in [5.74, 6) is 0.400. The molecule has 0 aliphatic rings. The van der Waals surface area contributed by atoms with Crippen LogP contribution in [0.2, 0.25) is 0 Å². The molecule has 7 nitrogen and oxygen atoms in total. The first kappa shape index (κ1) is 15.0. The van der Waals surface area contributed by atoms with Crippen LogP contribution in [0.25, 0.3) is 0 Å². The molecule has 2 heterocycles. The van der Waals surface area contributed by atoms with E-state index in [1.165, 1.54) is 4.68 Å². The van der Waals surface area contributed by atoms with Crippen LogP contribution in [0, 0.1) is 17.0 Å². The van der Waals surface area contributed by atoms with Crippen LogP contribution >= 0.6 is 0 Å². The predicted octanol–water partition coefficient (Wildman–Crippen LogP) is 2.77. The minimum absolute atomic E-state index is 0.0104. The van der Waals surface area contributed by atoms with E-state index in [0.29, 0.717) is 18.1 Å². The second-order valence-electron chi connectivity index (χ2n) is 5.24. The molecule has 2 rings (SSSR count). The Labute approximate surface area is 123 Å². The Bertz CT molecular complexity index is 663. The number of pyridine rings is 1. The number of nitro groups is 1. The molecule has 0 fully saturated rings. The molecule has 0 aliphatic heterocycles. The molecule has 2 aromatic rings. The summed E-state index contributed by atoms with van der Waals surface area (Å²) in [6.45, 7) is 6.16. The summed E-state index contributed by atoms with van der Waals surface area (Å²) in [7, 11) is 1.70. The van der Waals surface area contributed by atoms with Crippen molar-refractivity contribution in [1.29, 1.82) is 0 Å². The Hall–Kier alpha value is -2.44. The third kappa shape index (κ3) is 3.01. The molecule has 21 heavy (non-hydrogen) atoms. The van der Waals surface area contributed by atoms with Gasteiger partial charge in [-0.1, -0.05) is 19.9 Å². The third-order valence-corrected chi connectivity index (χ3v) is 3.32. The second-order valence-corrected chi connectivity index (χ2v) is 5.24. The van der Waals surface area contributed by atoms with E-state index in [1.807, 2.05) is 32.9 Å². The Balaban J connectivity index is 2.32. The lowest BCUT2D eigenvalue weighted by molar-refractivity contribution is -0.384. The number of hydrogen-bond donors (Lipinski definition) is 1. The zero-order valence-electron chi connectivity index (χ0n) is 12.6. The molecule has 0 aromatic carbocycles. The molecule has 0 aliphatic carbocycles. The molecule has 0 atom stereocenters. The average Bonchev–Trinajstić information content (AvgIpc) is 2.75. The van der Waals surface area contributed by atoms with Crippen LogP contribution in [-0.4, -0.2) is 19.7 Å². The van der Waals surface area contributed by atoms with Gasteiger partial charge in [-0.05, 0) is 18.6 Å². The van der Waals surface area contributed by atoms with E-state index in [-0.39, 0.29) is 16.5 Å². The van der Waals surface area contributed by atoms with Crippen LogP contribution in [0.4, 0.5) is 11.5 Å². The van der Waals surface area contributed by atoms with Gasteiger partial charge in [0.15, 0.2) is 0 Å². The van der Waals surface area contributed by atoms with Crippen molar-refractivity contribution in [2.75, 3.05) is 5.32 Å². The molecular formula is C14H19N5O2. The second kappa shape index (κ2) is 5.90. The fourth-order valence-electron chi connectivity index (χ4n) is 2.17. The van der Waals surface area contributed by atoms with Gasteiger partial charge in [-0.25, -0.2) is 4.68 Å². The van der Waals surface area contributed by atoms with Crippen LogP contribution in [0.1, 0.15) is 36.7 Å². The van der Waals surface area contributed by atoms with Crippen LogP contribution in [0.15, 0.2) is 18.3 Å². The first-order valence-electron chi connectivity index (χ1n) is 6.77. The van der Waals surface area contributed by atoms with Gasteiger partial charge in [0.25, 0.3) is 0 Å². The van der Waals surface area contributed by atoms with Gasteiger partial charge < -0.3 is 5.32 Å². The van der Waals surface area contributed by atoms with Gasteiger partial charge in [-0.3, -0.25) is 15.1 Å². The molecule has 0 unspecified atom stereocenters. The molecule has 112 valence electrons. The summed E-state index contributed by atoms with van der Waals surface area (Å²) in [4.78, 5) is 15.2. The van der Waals surface area contributed by atoms with E-state index >= 15 is 0 Å². The zero-order valence-corrected chi connectivity index (χ0v) is 12.6. The van der Waals surface area contributed by atoms with E-state index in [2.05, 4.69) is 15.4 Å². The van der Waals surface area contributed by atoms with Crippen molar-refractivity contribution >= 4 is 11.5 Å². The summed E-state index contributed by atoms with van der Waals surface area (Å²) >= 11 is 0. The lowest BCUT2D eigenvalue weighted by atomic mass is 10.1. The normalized spacial score (nSPS) is 10.9. The SMILES string of the molecule is Cc1cccnc1CNc1c([N+](=O)[O-])c(C(C)C)nn1C. The molecule has 0 saturated heterocycles. The molecular weight excluding hydrogens is 270 g/mol. The van der Waals surface area contributed by atoms with Gasteiger partial charge in [-0.2, -0.15) is 5.10 Å². The maximum Gasteiger partial charge on any atom is 0.334 e. The van der Waals surface area contributed by atoms with E-state index in [1.54, 1.807) is 13.2 Å². The molecule has 0 spiro atoms. The van der Waals surface area contributed by atoms with Gasteiger partial charge in [0, 0.05) is 19.2 Å². The van der Waals surface area contributed by atoms with Gasteiger partial charge >= 0.3 is 5.69 Å². The van der Waals surface area contributed by atoms with E-state index in [4.69, 9.17) is 0 Å². The molecule has 1 N–H and O–H groups in total. The molecule has 0 radical (unpaired) electrons. The van der Waals surface area contributed by atoms with Crippen molar-refractivity contribution in [2.45, 2.75) is 33.2 Å². The van der Waals surface area contributed by atoms with Gasteiger partial charge in [-0.15, -0.1) is 0 Å². The van der Waals surface area contributed by atoms with Gasteiger partial charge in [0.05, 0.1) is 17.2 Å². The predicted molar refractivity (Wildman–Crippen MR) is 80.3 cm³/mol. The Morgan fingerprint density at radius 3 is 2.76 bits per heavy atom.